The van der Waals surface area contributed by atoms with E-state index < -0.39 is 0 Å². The number of aromatic nitrogens is 2. The Morgan fingerprint density at radius 3 is 2.65 bits per heavy atom. The van der Waals surface area contributed by atoms with Crippen LogP contribution in [0, 0.1) is 5.92 Å². The summed E-state index contributed by atoms with van der Waals surface area (Å²) in [7, 11) is 2.20. The van der Waals surface area contributed by atoms with Gasteiger partial charge in [-0.1, -0.05) is 17.7 Å². The van der Waals surface area contributed by atoms with Crippen molar-refractivity contribution in [2.75, 3.05) is 50.5 Å². The van der Waals surface area contributed by atoms with Crippen LogP contribution in [-0.4, -0.2) is 60.9 Å². The standard InChI is InChI=1S/C26H36ClN5O2/c1-32-11-7-19(8-12-32)20-5-6-23(24(15-20)34-21-3-2-4-21)30-26-29-17-22(27)25(31-26)28-16-18-9-13-33-14-10-18/h5-6,15,17-19,21H,2-4,7-14,16H2,1H3,(H2,28,29,30,31). The molecule has 1 aromatic carbocycles. The molecule has 3 aliphatic rings. The molecule has 1 aliphatic carbocycles. The van der Waals surface area contributed by atoms with Crippen molar-refractivity contribution in [1.29, 1.82) is 0 Å². The number of nitrogens with zero attached hydrogens (tertiary/aromatic N) is 3. The number of anilines is 3. The Hall–Kier alpha value is -2.09. The van der Waals surface area contributed by atoms with Crippen molar-refractivity contribution >= 4 is 29.1 Å². The van der Waals surface area contributed by atoms with Crippen LogP contribution in [0.1, 0.15) is 56.4 Å². The fourth-order valence-electron chi connectivity index (χ4n) is 4.87. The number of hydrogen-bond acceptors (Lipinski definition) is 7. The zero-order chi connectivity index (χ0) is 23.3. The van der Waals surface area contributed by atoms with Crippen LogP contribution in [0.25, 0.3) is 0 Å². The van der Waals surface area contributed by atoms with Gasteiger partial charge >= 0.3 is 0 Å². The summed E-state index contributed by atoms with van der Waals surface area (Å²) in [6.45, 7) is 4.78. The number of nitrogens with one attached hydrogen (secondary N) is 2. The van der Waals surface area contributed by atoms with E-state index in [1.54, 1.807) is 6.20 Å². The van der Waals surface area contributed by atoms with Crippen LogP contribution >= 0.6 is 11.6 Å². The minimum Gasteiger partial charge on any atom is -0.488 e. The van der Waals surface area contributed by atoms with Gasteiger partial charge in [-0.2, -0.15) is 4.98 Å². The molecule has 2 aliphatic heterocycles. The van der Waals surface area contributed by atoms with Crippen molar-refractivity contribution in [3.05, 3.63) is 35.0 Å². The van der Waals surface area contributed by atoms with Gasteiger partial charge in [-0.3, -0.25) is 0 Å². The van der Waals surface area contributed by atoms with Crippen LogP contribution in [0.15, 0.2) is 24.4 Å². The first-order chi connectivity index (χ1) is 16.6. The number of benzene rings is 1. The summed E-state index contributed by atoms with van der Waals surface area (Å²) in [5.41, 5.74) is 2.27. The number of rotatable bonds is 8. The lowest BCUT2D eigenvalue weighted by Crippen LogP contribution is -2.29. The molecule has 184 valence electrons. The van der Waals surface area contributed by atoms with E-state index in [9.17, 15) is 0 Å². The summed E-state index contributed by atoms with van der Waals surface area (Å²) in [6, 6.07) is 6.58. The SMILES string of the molecule is CN1CCC(c2ccc(Nc3ncc(Cl)c(NCC4CCOCC4)n3)c(OC3CCC3)c2)CC1. The van der Waals surface area contributed by atoms with Crippen molar-refractivity contribution in [3.8, 4) is 5.75 Å². The molecular weight excluding hydrogens is 450 g/mol. The van der Waals surface area contributed by atoms with E-state index in [0.717, 1.165) is 70.0 Å². The van der Waals surface area contributed by atoms with Crippen molar-refractivity contribution < 1.29 is 9.47 Å². The van der Waals surface area contributed by atoms with E-state index in [1.165, 1.54) is 24.8 Å². The molecule has 0 radical (unpaired) electrons. The highest BCUT2D eigenvalue weighted by Crippen LogP contribution is 2.37. The van der Waals surface area contributed by atoms with Gasteiger partial charge in [-0.05, 0) is 94.6 Å². The molecule has 1 aromatic heterocycles. The molecule has 8 heteroatoms. The highest BCUT2D eigenvalue weighted by Gasteiger charge is 2.24. The average Bonchev–Trinajstić information content (AvgIpc) is 2.83. The maximum Gasteiger partial charge on any atom is 0.229 e. The smallest absolute Gasteiger partial charge is 0.229 e. The zero-order valence-corrected chi connectivity index (χ0v) is 20.8. The number of piperidine rings is 1. The van der Waals surface area contributed by atoms with Crippen LogP contribution in [0.5, 0.6) is 5.75 Å². The molecule has 1 saturated carbocycles. The topological polar surface area (TPSA) is 71.5 Å². The molecular formula is C26H36ClN5O2. The van der Waals surface area contributed by atoms with Crippen molar-refractivity contribution in [2.45, 2.75) is 57.0 Å². The Kier molecular flexibility index (Phi) is 7.72. The molecule has 5 rings (SSSR count). The third-order valence-corrected chi connectivity index (χ3v) is 7.71. The summed E-state index contributed by atoms with van der Waals surface area (Å²) >= 11 is 6.39. The molecule has 0 amide bonds. The summed E-state index contributed by atoms with van der Waals surface area (Å²) in [6.07, 6.45) is 9.94. The Labute approximate surface area is 207 Å². The third-order valence-electron chi connectivity index (χ3n) is 7.43. The first-order valence-electron chi connectivity index (χ1n) is 12.7. The quantitative estimate of drug-likeness (QED) is 0.514. The number of halogens is 1. The van der Waals surface area contributed by atoms with Crippen LogP contribution in [-0.2, 0) is 4.74 Å². The van der Waals surface area contributed by atoms with E-state index in [4.69, 9.17) is 21.1 Å². The monoisotopic (exact) mass is 485 g/mol. The Bertz CT molecular complexity index is 956. The lowest BCUT2D eigenvalue weighted by atomic mass is 9.89. The molecule has 2 aromatic rings. The van der Waals surface area contributed by atoms with Crippen LogP contribution in [0.3, 0.4) is 0 Å². The molecule has 0 spiro atoms. The Morgan fingerprint density at radius 1 is 1.12 bits per heavy atom. The number of hydrogen-bond donors (Lipinski definition) is 2. The predicted molar refractivity (Wildman–Crippen MR) is 137 cm³/mol. The van der Waals surface area contributed by atoms with E-state index in [2.05, 4.69) is 50.7 Å². The van der Waals surface area contributed by atoms with Crippen LogP contribution < -0.4 is 15.4 Å². The summed E-state index contributed by atoms with van der Waals surface area (Å²) < 4.78 is 11.9. The third kappa shape index (κ3) is 5.93. The highest BCUT2D eigenvalue weighted by atomic mass is 35.5. The number of likely N-dealkylation sites (tertiary alicyclic amines) is 1. The Balaban J connectivity index is 1.31. The summed E-state index contributed by atoms with van der Waals surface area (Å²) in [5.74, 6) is 3.24. The molecule has 0 bridgehead atoms. The van der Waals surface area contributed by atoms with Crippen LogP contribution in [0.2, 0.25) is 5.02 Å². The van der Waals surface area contributed by atoms with Gasteiger partial charge in [0.1, 0.15) is 10.8 Å². The van der Waals surface area contributed by atoms with Gasteiger partial charge in [0, 0.05) is 19.8 Å². The maximum atomic E-state index is 6.41. The summed E-state index contributed by atoms with van der Waals surface area (Å²) in [5, 5.41) is 7.34. The van der Waals surface area contributed by atoms with Crippen molar-refractivity contribution in [2.24, 2.45) is 5.92 Å². The second-order valence-electron chi connectivity index (χ2n) is 9.96. The second kappa shape index (κ2) is 11.1. The normalized spacial score (nSPS) is 20.6. The van der Waals surface area contributed by atoms with Crippen molar-refractivity contribution in [1.82, 2.24) is 14.9 Å². The highest BCUT2D eigenvalue weighted by molar-refractivity contribution is 6.32. The molecule has 0 atom stereocenters. The fraction of sp³-hybridized carbons (Fsp3) is 0.615. The van der Waals surface area contributed by atoms with E-state index in [1.807, 2.05) is 0 Å². The first kappa shape index (κ1) is 23.6. The fourth-order valence-corrected chi connectivity index (χ4v) is 5.02. The van der Waals surface area contributed by atoms with Gasteiger partial charge in [0.05, 0.1) is 18.0 Å². The predicted octanol–water partition coefficient (Wildman–Crippen LogP) is 5.45. The van der Waals surface area contributed by atoms with Crippen LogP contribution in [0.4, 0.5) is 17.5 Å². The summed E-state index contributed by atoms with van der Waals surface area (Å²) in [4.78, 5) is 11.5. The lowest BCUT2D eigenvalue weighted by molar-refractivity contribution is 0.0699. The Morgan fingerprint density at radius 2 is 1.91 bits per heavy atom. The van der Waals surface area contributed by atoms with Crippen molar-refractivity contribution in [3.63, 3.8) is 0 Å². The van der Waals surface area contributed by atoms with Gasteiger partial charge in [-0.25, -0.2) is 4.98 Å². The van der Waals surface area contributed by atoms with E-state index >= 15 is 0 Å². The molecule has 7 nitrogen and oxygen atoms in total. The van der Waals surface area contributed by atoms with Gasteiger partial charge in [0.15, 0.2) is 5.82 Å². The molecule has 0 unspecified atom stereocenters. The lowest BCUT2D eigenvalue weighted by Gasteiger charge is -2.31. The number of ether oxygens (including phenoxy) is 2. The molecule has 34 heavy (non-hydrogen) atoms. The van der Waals surface area contributed by atoms with Gasteiger partial charge < -0.3 is 25.0 Å². The molecule has 3 fully saturated rings. The second-order valence-corrected chi connectivity index (χ2v) is 10.4. The molecule has 3 heterocycles. The van der Waals surface area contributed by atoms with Gasteiger partial charge in [-0.15, -0.1) is 0 Å². The van der Waals surface area contributed by atoms with Gasteiger partial charge in [0.25, 0.3) is 0 Å². The minimum atomic E-state index is 0.302. The minimum absolute atomic E-state index is 0.302. The average molecular weight is 486 g/mol. The molecule has 2 saturated heterocycles. The maximum absolute atomic E-state index is 6.41. The largest absolute Gasteiger partial charge is 0.488 e. The van der Waals surface area contributed by atoms with E-state index in [0.29, 0.717) is 34.7 Å². The van der Waals surface area contributed by atoms with Gasteiger partial charge in [0.2, 0.25) is 5.95 Å². The molecule has 2 N–H and O–H groups in total. The zero-order valence-electron chi connectivity index (χ0n) is 20.1. The first-order valence-corrected chi connectivity index (χ1v) is 13.1. The van der Waals surface area contributed by atoms with E-state index in [-0.39, 0.29) is 0 Å².